The normalized spacial score (nSPS) is 10.3. The Morgan fingerprint density at radius 3 is 2.60 bits per heavy atom. The molecular weight excluding hydrogens is 272 g/mol. The van der Waals surface area contributed by atoms with Gasteiger partial charge in [0.1, 0.15) is 5.75 Å². The molecule has 2 rings (SSSR count). The number of ether oxygens (including phenoxy) is 1. The lowest BCUT2D eigenvalue weighted by Crippen LogP contribution is -2.09. The second-order valence-corrected chi connectivity index (χ2v) is 5.44. The van der Waals surface area contributed by atoms with Crippen molar-refractivity contribution in [3.05, 3.63) is 34.8 Å². The van der Waals surface area contributed by atoms with Gasteiger partial charge in [-0.15, -0.1) is 0 Å². The van der Waals surface area contributed by atoms with Crippen LogP contribution in [0, 0.1) is 0 Å². The van der Waals surface area contributed by atoms with Crippen LogP contribution in [0.3, 0.4) is 0 Å². The van der Waals surface area contributed by atoms with E-state index in [4.69, 9.17) is 4.74 Å². The number of aldehydes is 1. The lowest BCUT2D eigenvalue weighted by atomic mass is 10.2. The summed E-state index contributed by atoms with van der Waals surface area (Å²) in [4.78, 5) is 18.4. The monoisotopic (exact) mass is 290 g/mol. The van der Waals surface area contributed by atoms with E-state index < -0.39 is 0 Å². The number of aryl methyl sites for hydroxylation is 1. The number of anilines is 2. The van der Waals surface area contributed by atoms with E-state index in [1.54, 1.807) is 7.11 Å². The van der Waals surface area contributed by atoms with Gasteiger partial charge in [-0.25, -0.2) is 4.98 Å². The summed E-state index contributed by atoms with van der Waals surface area (Å²) in [6.07, 6.45) is 2.71. The van der Waals surface area contributed by atoms with E-state index in [-0.39, 0.29) is 0 Å². The second kappa shape index (κ2) is 6.52. The molecule has 0 atom stereocenters. The van der Waals surface area contributed by atoms with Gasteiger partial charge in [0.05, 0.1) is 17.7 Å². The third kappa shape index (κ3) is 2.99. The van der Waals surface area contributed by atoms with Crippen LogP contribution in [-0.2, 0) is 6.42 Å². The SMILES string of the molecule is CCCc1nc(N(C)c2ccc(OC)cc2)sc1C=O. The molecule has 1 aromatic heterocycles. The third-order valence-corrected chi connectivity index (χ3v) is 4.16. The van der Waals surface area contributed by atoms with Crippen LogP contribution in [0.15, 0.2) is 24.3 Å². The summed E-state index contributed by atoms with van der Waals surface area (Å²) >= 11 is 1.43. The van der Waals surface area contributed by atoms with E-state index >= 15 is 0 Å². The minimum Gasteiger partial charge on any atom is -0.497 e. The van der Waals surface area contributed by atoms with Crippen molar-refractivity contribution < 1.29 is 9.53 Å². The average Bonchev–Trinajstić information content (AvgIpc) is 2.90. The van der Waals surface area contributed by atoms with E-state index in [2.05, 4.69) is 11.9 Å². The number of carbonyl (C=O) groups excluding carboxylic acids is 1. The smallest absolute Gasteiger partial charge is 0.190 e. The van der Waals surface area contributed by atoms with E-state index in [9.17, 15) is 4.79 Å². The molecule has 0 aliphatic heterocycles. The first-order valence-electron chi connectivity index (χ1n) is 6.52. The van der Waals surface area contributed by atoms with Crippen LogP contribution < -0.4 is 9.64 Å². The Labute approximate surface area is 123 Å². The first-order valence-corrected chi connectivity index (χ1v) is 7.34. The zero-order valence-electron chi connectivity index (χ0n) is 11.9. The molecule has 0 N–H and O–H groups in total. The van der Waals surface area contributed by atoms with Gasteiger partial charge in [-0.3, -0.25) is 4.79 Å². The quantitative estimate of drug-likeness (QED) is 0.761. The number of benzene rings is 1. The molecule has 5 heteroatoms. The number of thiazole rings is 1. The van der Waals surface area contributed by atoms with Crippen LogP contribution in [0.5, 0.6) is 5.75 Å². The zero-order valence-corrected chi connectivity index (χ0v) is 12.7. The van der Waals surface area contributed by atoms with Crippen LogP contribution >= 0.6 is 11.3 Å². The van der Waals surface area contributed by atoms with Gasteiger partial charge in [-0.1, -0.05) is 24.7 Å². The van der Waals surface area contributed by atoms with Gasteiger partial charge in [0.2, 0.25) is 0 Å². The summed E-state index contributed by atoms with van der Waals surface area (Å²) in [5, 5.41) is 0.834. The molecule has 0 radical (unpaired) electrons. The fourth-order valence-electron chi connectivity index (χ4n) is 1.92. The largest absolute Gasteiger partial charge is 0.497 e. The molecule has 0 saturated carbocycles. The van der Waals surface area contributed by atoms with Gasteiger partial charge < -0.3 is 9.64 Å². The molecule has 0 unspecified atom stereocenters. The van der Waals surface area contributed by atoms with Crippen molar-refractivity contribution in [2.75, 3.05) is 19.1 Å². The predicted molar refractivity (Wildman–Crippen MR) is 82.6 cm³/mol. The molecule has 20 heavy (non-hydrogen) atoms. The fraction of sp³-hybridized carbons (Fsp3) is 0.333. The number of methoxy groups -OCH3 is 1. The Balaban J connectivity index is 2.27. The Bertz CT molecular complexity index is 578. The summed E-state index contributed by atoms with van der Waals surface area (Å²) in [5.74, 6) is 0.821. The maximum atomic E-state index is 11.1. The number of hydrogen-bond donors (Lipinski definition) is 0. The molecule has 1 aromatic carbocycles. The van der Waals surface area contributed by atoms with Crippen LogP contribution in [0.1, 0.15) is 28.7 Å². The number of rotatable bonds is 6. The molecule has 106 valence electrons. The standard InChI is InChI=1S/C15H18N2O2S/c1-4-5-13-14(10-18)20-15(16-13)17(2)11-6-8-12(19-3)9-7-11/h6-10H,4-5H2,1-3H3. The highest BCUT2D eigenvalue weighted by Gasteiger charge is 2.14. The zero-order chi connectivity index (χ0) is 14.5. The molecule has 0 spiro atoms. The van der Waals surface area contributed by atoms with Gasteiger partial charge in [0.25, 0.3) is 0 Å². The molecule has 0 fully saturated rings. The van der Waals surface area contributed by atoms with Gasteiger partial charge in [-0.2, -0.15) is 0 Å². The average molecular weight is 290 g/mol. The lowest BCUT2D eigenvalue weighted by molar-refractivity contribution is 0.112. The molecule has 0 saturated heterocycles. The maximum Gasteiger partial charge on any atom is 0.190 e. The molecule has 4 nitrogen and oxygen atoms in total. The van der Waals surface area contributed by atoms with Crippen molar-refractivity contribution in [1.82, 2.24) is 4.98 Å². The topological polar surface area (TPSA) is 42.4 Å². The number of aromatic nitrogens is 1. The van der Waals surface area contributed by atoms with Gasteiger partial charge in [0, 0.05) is 12.7 Å². The molecule has 0 amide bonds. The van der Waals surface area contributed by atoms with Crippen LogP contribution in [0.2, 0.25) is 0 Å². The summed E-state index contributed by atoms with van der Waals surface area (Å²) in [6, 6.07) is 7.76. The number of hydrogen-bond acceptors (Lipinski definition) is 5. The first-order chi connectivity index (χ1) is 9.69. The lowest BCUT2D eigenvalue weighted by Gasteiger charge is -2.16. The van der Waals surface area contributed by atoms with Crippen molar-refractivity contribution in [3.8, 4) is 5.75 Å². The second-order valence-electron chi connectivity index (χ2n) is 4.43. The van der Waals surface area contributed by atoms with E-state index in [0.717, 1.165) is 46.3 Å². The van der Waals surface area contributed by atoms with Crippen molar-refractivity contribution in [2.24, 2.45) is 0 Å². The van der Waals surface area contributed by atoms with Crippen LogP contribution in [0.25, 0.3) is 0 Å². The highest BCUT2D eigenvalue weighted by Crippen LogP contribution is 2.31. The van der Waals surface area contributed by atoms with Crippen molar-refractivity contribution in [2.45, 2.75) is 19.8 Å². The first kappa shape index (κ1) is 14.5. The van der Waals surface area contributed by atoms with E-state index in [0.29, 0.717) is 0 Å². The fourth-order valence-corrected chi connectivity index (χ4v) is 2.83. The molecule has 0 aliphatic rings. The minimum atomic E-state index is 0.724. The Morgan fingerprint density at radius 2 is 2.05 bits per heavy atom. The van der Waals surface area contributed by atoms with Gasteiger partial charge in [0.15, 0.2) is 11.4 Å². The maximum absolute atomic E-state index is 11.1. The van der Waals surface area contributed by atoms with Crippen molar-refractivity contribution >= 4 is 28.4 Å². The van der Waals surface area contributed by atoms with Gasteiger partial charge in [-0.05, 0) is 30.7 Å². The van der Waals surface area contributed by atoms with Crippen molar-refractivity contribution in [1.29, 1.82) is 0 Å². The third-order valence-electron chi connectivity index (χ3n) is 3.06. The van der Waals surface area contributed by atoms with Crippen molar-refractivity contribution in [3.63, 3.8) is 0 Å². The predicted octanol–water partition coefficient (Wildman–Crippen LogP) is 3.68. The molecule has 1 heterocycles. The molecule has 0 bridgehead atoms. The molecule has 2 aromatic rings. The number of nitrogens with zero attached hydrogens (tertiary/aromatic N) is 2. The van der Waals surface area contributed by atoms with Crippen LogP contribution in [-0.4, -0.2) is 25.4 Å². The molecular formula is C15H18N2O2S. The highest BCUT2D eigenvalue weighted by molar-refractivity contribution is 7.17. The Morgan fingerprint density at radius 1 is 1.35 bits per heavy atom. The summed E-state index contributed by atoms with van der Waals surface area (Å²) in [5.41, 5.74) is 1.91. The number of carbonyl (C=O) groups is 1. The Kier molecular flexibility index (Phi) is 4.74. The van der Waals surface area contributed by atoms with E-state index in [1.165, 1.54) is 11.3 Å². The summed E-state index contributed by atoms with van der Waals surface area (Å²) in [6.45, 7) is 2.08. The minimum absolute atomic E-state index is 0.724. The molecule has 0 aliphatic carbocycles. The Hall–Kier alpha value is -1.88. The van der Waals surface area contributed by atoms with E-state index in [1.807, 2.05) is 36.2 Å². The van der Waals surface area contributed by atoms with Gasteiger partial charge >= 0.3 is 0 Å². The summed E-state index contributed by atoms with van der Waals surface area (Å²) in [7, 11) is 3.60. The highest BCUT2D eigenvalue weighted by atomic mass is 32.1. The summed E-state index contributed by atoms with van der Waals surface area (Å²) < 4.78 is 5.15. The van der Waals surface area contributed by atoms with Crippen LogP contribution in [0.4, 0.5) is 10.8 Å².